The van der Waals surface area contributed by atoms with Gasteiger partial charge < -0.3 is 9.47 Å². The molecule has 1 aliphatic rings. The highest BCUT2D eigenvalue weighted by atomic mass is 35.5. The van der Waals surface area contributed by atoms with Crippen LogP contribution in [0.4, 0.5) is 0 Å². The maximum absolute atomic E-state index is 13.4. The van der Waals surface area contributed by atoms with Crippen LogP contribution in [0.1, 0.15) is 46.9 Å². The first-order valence-corrected chi connectivity index (χ1v) is 9.52. The zero-order chi connectivity index (χ0) is 19.0. The van der Waals surface area contributed by atoms with Gasteiger partial charge in [0.15, 0.2) is 0 Å². The number of amides is 1. The van der Waals surface area contributed by atoms with Gasteiger partial charge in [-0.25, -0.2) is 0 Å². The third kappa shape index (κ3) is 3.20. The summed E-state index contributed by atoms with van der Waals surface area (Å²) in [6.45, 7) is 0.742. The third-order valence-corrected chi connectivity index (χ3v) is 5.65. The Kier molecular flexibility index (Phi) is 4.63. The summed E-state index contributed by atoms with van der Waals surface area (Å²) in [6, 6.07) is 17.4. The van der Waals surface area contributed by atoms with Gasteiger partial charge in [-0.1, -0.05) is 29.8 Å². The monoisotopic (exact) mass is 377 g/mol. The number of benzene rings is 2. The molecule has 2 heterocycles. The van der Waals surface area contributed by atoms with Crippen molar-refractivity contribution in [3.05, 3.63) is 70.4 Å². The van der Waals surface area contributed by atoms with Crippen LogP contribution in [-0.4, -0.2) is 21.9 Å². The summed E-state index contributed by atoms with van der Waals surface area (Å²) in [4.78, 5) is 15.4. The Morgan fingerprint density at radius 2 is 1.93 bits per heavy atom. The van der Waals surface area contributed by atoms with E-state index in [0.717, 1.165) is 42.3 Å². The molecule has 5 heteroatoms. The highest BCUT2D eigenvalue weighted by Crippen LogP contribution is 2.33. The van der Waals surface area contributed by atoms with E-state index >= 15 is 0 Å². The number of likely N-dealkylation sites (tertiary alicyclic amines) is 1. The van der Waals surface area contributed by atoms with Crippen molar-refractivity contribution in [2.24, 2.45) is 7.05 Å². The number of carbonyl (C=O) groups is 1. The van der Waals surface area contributed by atoms with Crippen molar-refractivity contribution in [2.75, 3.05) is 6.54 Å². The molecule has 0 saturated carbocycles. The Bertz CT molecular complexity index is 1050. The standard InChI is InChI=1S/C22H20ClN3O/c1-25-20-13-18(23)10-9-17(20)12-21(25)22(27)26-11-3-2-4-19(26)16-7-5-15(14-24)6-8-16/h5-10,12-13,19H,2-4,11H2,1H3. The van der Waals surface area contributed by atoms with Crippen molar-refractivity contribution < 1.29 is 4.79 Å². The second-order valence-corrected chi connectivity index (χ2v) is 7.47. The third-order valence-electron chi connectivity index (χ3n) is 5.41. The van der Waals surface area contributed by atoms with Crippen molar-refractivity contribution in [1.82, 2.24) is 9.47 Å². The molecule has 1 aromatic heterocycles. The van der Waals surface area contributed by atoms with Gasteiger partial charge in [0.25, 0.3) is 5.91 Å². The smallest absolute Gasteiger partial charge is 0.271 e. The number of rotatable bonds is 2. The van der Waals surface area contributed by atoms with E-state index in [-0.39, 0.29) is 11.9 Å². The molecule has 1 atom stereocenters. The van der Waals surface area contributed by atoms with Crippen molar-refractivity contribution in [2.45, 2.75) is 25.3 Å². The second kappa shape index (κ2) is 7.09. The molecular formula is C22H20ClN3O. The van der Waals surface area contributed by atoms with E-state index in [9.17, 15) is 4.79 Å². The summed E-state index contributed by atoms with van der Waals surface area (Å²) < 4.78 is 1.92. The maximum Gasteiger partial charge on any atom is 0.271 e. The van der Waals surface area contributed by atoms with Crippen LogP contribution in [0.25, 0.3) is 10.9 Å². The quantitative estimate of drug-likeness (QED) is 0.625. The fourth-order valence-electron chi connectivity index (χ4n) is 3.96. The molecule has 4 rings (SSSR count). The van der Waals surface area contributed by atoms with E-state index in [1.807, 2.05) is 65.0 Å². The number of carbonyl (C=O) groups excluding carboxylic acids is 1. The average molecular weight is 378 g/mol. The van der Waals surface area contributed by atoms with Gasteiger partial charge in [0.05, 0.1) is 17.7 Å². The van der Waals surface area contributed by atoms with Crippen LogP contribution in [0.15, 0.2) is 48.5 Å². The van der Waals surface area contributed by atoms with E-state index < -0.39 is 0 Å². The molecule has 2 aromatic carbocycles. The number of aryl methyl sites for hydroxylation is 1. The first-order valence-electron chi connectivity index (χ1n) is 9.14. The summed E-state index contributed by atoms with van der Waals surface area (Å²) >= 11 is 6.12. The van der Waals surface area contributed by atoms with E-state index in [0.29, 0.717) is 16.3 Å². The Morgan fingerprint density at radius 3 is 2.67 bits per heavy atom. The second-order valence-electron chi connectivity index (χ2n) is 7.04. The van der Waals surface area contributed by atoms with Gasteiger partial charge in [0.1, 0.15) is 5.69 Å². The highest BCUT2D eigenvalue weighted by molar-refractivity contribution is 6.31. The zero-order valence-corrected chi connectivity index (χ0v) is 15.9. The number of hydrogen-bond acceptors (Lipinski definition) is 2. The number of fused-ring (bicyclic) bond motifs is 1. The lowest BCUT2D eigenvalue weighted by atomic mass is 9.94. The van der Waals surface area contributed by atoms with Crippen LogP contribution in [-0.2, 0) is 7.05 Å². The van der Waals surface area contributed by atoms with Crippen LogP contribution in [0.2, 0.25) is 5.02 Å². The van der Waals surface area contributed by atoms with Crippen LogP contribution >= 0.6 is 11.6 Å². The molecule has 1 unspecified atom stereocenters. The lowest BCUT2D eigenvalue weighted by Gasteiger charge is -2.36. The summed E-state index contributed by atoms with van der Waals surface area (Å²) in [5, 5.41) is 10.7. The molecule has 1 aliphatic heterocycles. The van der Waals surface area contributed by atoms with Gasteiger partial charge in [-0.2, -0.15) is 5.26 Å². The molecule has 3 aromatic rings. The van der Waals surface area contributed by atoms with Gasteiger partial charge in [-0.15, -0.1) is 0 Å². The minimum atomic E-state index is 0.0406. The van der Waals surface area contributed by atoms with Gasteiger partial charge in [0.2, 0.25) is 0 Å². The molecule has 0 aliphatic carbocycles. The molecular weight excluding hydrogens is 358 g/mol. The van der Waals surface area contributed by atoms with Crippen molar-refractivity contribution in [3.8, 4) is 6.07 Å². The number of piperidine rings is 1. The molecule has 1 fully saturated rings. The van der Waals surface area contributed by atoms with Crippen LogP contribution in [0.3, 0.4) is 0 Å². The normalized spacial score (nSPS) is 17.1. The van der Waals surface area contributed by atoms with E-state index in [1.54, 1.807) is 0 Å². The Morgan fingerprint density at radius 1 is 1.15 bits per heavy atom. The zero-order valence-electron chi connectivity index (χ0n) is 15.2. The molecule has 0 radical (unpaired) electrons. The van der Waals surface area contributed by atoms with E-state index in [1.165, 1.54) is 0 Å². The molecule has 0 spiro atoms. The van der Waals surface area contributed by atoms with Crippen LogP contribution in [0.5, 0.6) is 0 Å². The summed E-state index contributed by atoms with van der Waals surface area (Å²) in [6.07, 6.45) is 3.04. The number of nitriles is 1. The fraction of sp³-hybridized carbons (Fsp3) is 0.273. The minimum absolute atomic E-state index is 0.0406. The molecule has 1 amide bonds. The molecule has 136 valence electrons. The van der Waals surface area contributed by atoms with Crippen LogP contribution in [0, 0.1) is 11.3 Å². The largest absolute Gasteiger partial charge is 0.340 e. The summed E-state index contributed by atoms with van der Waals surface area (Å²) in [5.74, 6) is 0.0406. The first-order chi connectivity index (χ1) is 13.1. The minimum Gasteiger partial charge on any atom is -0.340 e. The van der Waals surface area contributed by atoms with Gasteiger partial charge in [-0.05, 0) is 55.2 Å². The topological polar surface area (TPSA) is 49.0 Å². The number of nitrogens with zero attached hydrogens (tertiary/aromatic N) is 3. The SMILES string of the molecule is Cn1c(C(=O)N2CCCCC2c2ccc(C#N)cc2)cc2ccc(Cl)cc21. The summed E-state index contributed by atoms with van der Waals surface area (Å²) in [7, 11) is 1.91. The maximum atomic E-state index is 13.4. The van der Waals surface area contributed by atoms with E-state index in [2.05, 4.69) is 6.07 Å². The Hall–Kier alpha value is -2.77. The average Bonchev–Trinajstić information content (AvgIpc) is 3.03. The summed E-state index contributed by atoms with van der Waals surface area (Å²) in [5.41, 5.74) is 3.35. The Balaban J connectivity index is 1.70. The lowest BCUT2D eigenvalue weighted by Crippen LogP contribution is -2.39. The predicted octanol–water partition coefficient (Wildman–Crippen LogP) is 5.07. The molecule has 27 heavy (non-hydrogen) atoms. The van der Waals surface area contributed by atoms with E-state index in [4.69, 9.17) is 16.9 Å². The van der Waals surface area contributed by atoms with Crippen LogP contribution < -0.4 is 0 Å². The Labute approximate surface area is 163 Å². The predicted molar refractivity (Wildman–Crippen MR) is 107 cm³/mol. The van der Waals surface area contributed by atoms with Gasteiger partial charge in [-0.3, -0.25) is 4.79 Å². The fourth-order valence-corrected chi connectivity index (χ4v) is 4.12. The number of aromatic nitrogens is 1. The number of halogens is 1. The van der Waals surface area contributed by atoms with Crippen molar-refractivity contribution in [1.29, 1.82) is 5.26 Å². The van der Waals surface area contributed by atoms with Crippen molar-refractivity contribution in [3.63, 3.8) is 0 Å². The first kappa shape index (κ1) is 17.6. The molecule has 0 N–H and O–H groups in total. The molecule has 0 bridgehead atoms. The number of hydrogen-bond donors (Lipinski definition) is 0. The molecule has 4 nitrogen and oxygen atoms in total. The highest BCUT2D eigenvalue weighted by Gasteiger charge is 2.30. The van der Waals surface area contributed by atoms with Gasteiger partial charge in [0, 0.05) is 29.5 Å². The van der Waals surface area contributed by atoms with Crippen molar-refractivity contribution >= 4 is 28.4 Å². The lowest BCUT2D eigenvalue weighted by molar-refractivity contribution is 0.0602. The molecule has 1 saturated heterocycles. The van der Waals surface area contributed by atoms with Gasteiger partial charge >= 0.3 is 0 Å².